The molecule has 4 nitrogen and oxygen atoms in total. The van der Waals surface area contributed by atoms with Gasteiger partial charge in [0.15, 0.2) is 5.60 Å². The fourth-order valence-electron chi connectivity index (χ4n) is 2.00. The predicted octanol–water partition coefficient (Wildman–Crippen LogP) is 0.536. The second-order valence-electron chi connectivity index (χ2n) is 4.36. The molecular weight excluding hydrogens is 206 g/mol. The van der Waals surface area contributed by atoms with Gasteiger partial charge in [0, 0.05) is 6.54 Å². The second-order valence-corrected chi connectivity index (χ2v) is 4.36. The summed E-state index contributed by atoms with van der Waals surface area (Å²) in [6, 6.07) is 7.42. The van der Waals surface area contributed by atoms with E-state index in [1.54, 1.807) is 0 Å². The maximum atomic E-state index is 10.9. The zero-order valence-corrected chi connectivity index (χ0v) is 9.10. The van der Waals surface area contributed by atoms with Crippen molar-refractivity contribution in [3.63, 3.8) is 0 Å². The summed E-state index contributed by atoms with van der Waals surface area (Å²) < 4.78 is 0. The van der Waals surface area contributed by atoms with E-state index in [0.717, 1.165) is 5.56 Å². The number of fused-ring (bicyclic) bond motifs is 1. The van der Waals surface area contributed by atoms with Crippen molar-refractivity contribution in [1.82, 2.24) is 5.32 Å². The van der Waals surface area contributed by atoms with Crippen molar-refractivity contribution in [2.24, 2.45) is 0 Å². The van der Waals surface area contributed by atoms with Crippen LogP contribution in [0.4, 0.5) is 0 Å². The van der Waals surface area contributed by atoms with Crippen molar-refractivity contribution < 1.29 is 15.0 Å². The Kier molecular flexibility index (Phi) is 2.69. The topological polar surface area (TPSA) is 69.6 Å². The van der Waals surface area contributed by atoms with Gasteiger partial charge < -0.3 is 15.5 Å². The van der Waals surface area contributed by atoms with Crippen LogP contribution in [0.1, 0.15) is 18.1 Å². The van der Waals surface area contributed by atoms with Crippen molar-refractivity contribution in [1.29, 1.82) is 0 Å². The Morgan fingerprint density at radius 3 is 2.69 bits per heavy atom. The van der Waals surface area contributed by atoms with Crippen LogP contribution in [0.5, 0.6) is 0 Å². The van der Waals surface area contributed by atoms with Gasteiger partial charge in [0.1, 0.15) is 0 Å². The predicted molar refractivity (Wildman–Crippen MR) is 59.0 cm³/mol. The third-order valence-corrected chi connectivity index (χ3v) is 3.19. The largest absolute Gasteiger partial charge is 0.479 e. The van der Waals surface area contributed by atoms with E-state index in [0.29, 0.717) is 13.0 Å². The van der Waals surface area contributed by atoms with Gasteiger partial charge in [-0.05, 0) is 24.5 Å². The smallest absolute Gasteiger partial charge is 0.337 e. The van der Waals surface area contributed by atoms with Crippen LogP contribution in [0.25, 0.3) is 0 Å². The van der Waals surface area contributed by atoms with E-state index >= 15 is 0 Å². The maximum Gasteiger partial charge on any atom is 0.337 e. The van der Waals surface area contributed by atoms with Crippen LogP contribution in [0.3, 0.4) is 0 Å². The molecule has 0 fully saturated rings. The molecule has 0 aromatic heterocycles. The SMILES string of the molecule is CC(O)(C(=O)O)C1Cc2ccccc2CN1. The summed E-state index contributed by atoms with van der Waals surface area (Å²) in [7, 11) is 0. The highest BCUT2D eigenvalue weighted by molar-refractivity contribution is 5.77. The Bertz CT molecular complexity index is 414. The monoisotopic (exact) mass is 221 g/mol. The molecule has 86 valence electrons. The van der Waals surface area contributed by atoms with E-state index in [9.17, 15) is 9.90 Å². The minimum Gasteiger partial charge on any atom is -0.479 e. The Balaban J connectivity index is 2.23. The number of nitrogens with one attached hydrogen (secondary N) is 1. The van der Waals surface area contributed by atoms with E-state index in [4.69, 9.17) is 5.11 Å². The average molecular weight is 221 g/mol. The van der Waals surface area contributed by atoms with Crippen LogP contribution in [0.15, 0.2) is 24.3 Å². The number of aliphatic carboxylic acids is 1. The number of carboxylic acids is 1. The Morgan fingerprint density at radius 2 is 2.06 bits per heavy atom. The summed E-state index contributed by atoms with van der Waals surface area (Å²) >= 11 is 0. The molecule has 2 rings (SSSR count). The zero-order valence-electron chi connectivity index (χ0n) is 9.10. The Labute approximate surface area is 93.9 Å². The van der Waals surface area contributed by atoms with Gasteiger partial charge in [-0.25, -0.2) is 4.79 Å². The summed E-state index contributed by atoms with van der Waals surface area (Å²) in [6.45, 7) is 1.94. The molecule has 4 heteroatoms. The molecule has 1 aromatic rings. The molecule has 0 radical (unpaired) electrons. The summed E-state index contributed by atoms with van der Waals surface area (Å²) in [5, 5.41) is 21.9. The lowest BCUT2D eigenvalue weighted by Crippen LogP contribution is -2.56. The highest BCUT2D eigenvalue weighted by Gasteiger charge is 2.40. The van der Waals surface area contributed by atoms with Crippen LogP contribution in [-0.2, 0) is 17.8 Å². The number of rotatable bonds is 2. The van der Waals surface area contributed by atoms with Gasteiger partial charge in [0.2, 0.25) is 0 Å². The first-order valence-corrected chi connectivity index (χ1v) is 5.27. The Morgan fingerprint density at radius 1 is 1.44 bits per heavy atom. The first-order valence-electron chi connectivity index (χ1n) is 5.27. The van der Waals surface area contributed by atoms with Gasteiger partial charge in [-0.2, -0.15) is 0 Å². The number of hydrogen-bond acceptors (Lipinski definition) is 3. The van der Waals surface area contributed by atoms with Crippen LogP contribution in [0, 0.1) is 0 Å². The van der Waals surface area contributed by atoms with Crippen LogP contribution in [0.2, 0.25) is 0 Å². The number of hydrogen-bond donors (Lipinski definition) is 3. The second kappa shape index (κ2) is 3.88. The molecule has 1 aromatic carbocycles. The van der Waals surface area contributed by atoms with E-state index in [2.05, 4.69) is 5.32 Å². The molecule has 0 bridgehead atoms. The molecule has 2 atom stereocenters. The summed E-state index contributed by atoms with van der Waals surface area (Å²) in [4.78, 5) is 10.9. The maximum absolute atomic E-state index is 10.9. The molecule has 0 spiro atoms. The lowest BCUT2D eigenvalue weighted by Gasteiger charge is -2.34. The lowest BCUT2D eigenvalue weighted by atomic mass is 9.86. The molecule has 1 aliphatic rings. The van der Waals surface area contributed by atoms with E-state index in [-0.39, 0.29) is 0 Å². The van der Waals surface area contributed by atoms with Crippen molar-refractivity contribution in [2.75, 3.05) is 0 Å². The number of carboxylic acid groups (broad SMARTS) is 1. The lowest BCUT2D eigenvalue weighted by molar-refractivity contribution is -0.159. The number of aliphatic hydroxyl groups is 1. The molecule has 3 N–H and O–H groups in total. The molecule has 0 amide bonds. The molecule has 16 heavy (non-hydrogen) atoms. The summed E-state index contributed by atoms with van der Waals surface area (Å²) in [5.41, 5.74) is 0.542. The number of benzene rings is 1. The highest BCUT2D eigenvalue weighted by atomic mass is 16.4. The molecule has 0 saturated carbocycles. The van der Waals surface area contributed by atoms with Crippen molar-refractivity contribution in [2.45, 2.75) is 31.5 Å². The van der Waals surface area contributed by atoms with Crippen molar-refractivity contribution in [3.05, 3.63) is 35.4 Å². The van der Waals surface area contributed by atoms with Gasteiger partial charge in [0.25, 0.3) is 0 Å². The van der Waals surface area contributed by atoms with Gasteiger partial charge in [-0.3, -0.25) is 0 Å². The van der Waals surface area contributed by atoms with Crippen molar-refractivity contribution >= 4 is 5.97 Å². The standard InChI is InChI=1S/C12H15NO3/c1-12(16,11(14)15)10-6-8-4-2-3-5-9(8)7-13-10/h2-5,10,13,16H,6-7H2,1H3,(H,14,15). The quantitative estimate of drug-likeness (QED) is 0.681. The first-order chi connectivity index (χ1) is 7.51. The molecule has 1 heterocycles. The summed E-state index contributed by atoms with van der Waals surface area (Å²) in [5.74, 6) is -1.19. The highest BCUT2D eigenvalue weighted by Crippen LogP contribution is 2.22. The zero-order chi connectivity index (χ0) is 11.8. The van der Waals surface area contributed by atoms with Crippen LogP contribution in [-0.4, -0.2) is 27.8 Å². The molecule has 1 aliphatic heterocycles. The fraction of sp³-hybridized carbons (Fsp3) is 0.417. The molecule has 0 aliphatic carbocycles. The van der Waals surface area contributed by atoms with Crippen LogP contribution >= 0.6 is 0 Å². The third kappa shape index (κ3) is 1.81. The molecule has 0 saturated heterocycles. The van der Waals surface area contributed by atoms with Crippen molar-refractivity contribution in [3.8, 4) is 0 Å². The minimum absolute atomic E-state index is 0.445. The van der Waals surface area contributed by atoms with Gasteiger partial charge in [0.05, 0.1) is 6.04 Å². The summed E-state index contributed by atoms with van der Waals surface area (Å²) in [6.07, 6.45) is 0.537. The van der Waals surface area contributed by atoms with Gasteiger partial charge in [-0.1, -0.05) is 24.3 Å². The number of carbonyl (C=O) groups is 1. The van der Waals surface area contributed by atoms with E-state index in [1.807, 2.05) is 24.3 Å². The first kappa shape index (κ1) is 11.1. The molecular formula is C12H15NO3. The molecule has 2 unspecified atom stereocenters. The van der Waals surface area contributed by atoms with Crippen LogP contribution < -0.4 is 5.32 Å². The van der Waals surface area contributed by atoms with E-state index in [1.165, 1.54) is 12.5 Å². The Hall–Kier alpha value is -1.39. The van der Waals surface area contributed by atoms with Gasteiger partial charge in [-0.15, -0.1) is 0 Å². The minimum atomic E-state index is -1.73. The average Bonchev–Trinajstić information content (AvgIpc) is 2.28. The van der Waals surface area contributed by atoms with Gasteiger partial charge >= 0.3 is 5.97 Å². The third-order valence-electron chi connectivity index (χ3n) is 3.19. The van der Waals surface area contributed by atoms with E-state index < -0.39 is 17.6 Å². The fourth-order valence-corrected chi connectivity index (χ4v) is 2.00. The normalized spacial score (nSPS) is 23.2.